The van der Waals surface area contributed by atoms with E-state index in [1.165, 1.54) is 42.0 Å². The van der Waals surface area contributed by atoms with Crippen molar-refractivity contribution in [3.8, 4) is 0 Å². The van der Waals surface area contributed by atoms with E-state index in [0.717, 1.165) is 11.0 Å². The van der Waals surface area contributed by atoms with Crippen LogP contribution >= 0.6 is 11.8 Å². The van der Waals surface area contributed by atoms with Crippen molar-refractivity contribution in [2.24, 2.45) is 0 Å². The van der Waals surface area contributed by atoms with Gasteiger partial charge in [0.15, 0.2) is 0 Å². The maximum absolute atomic E-state index is 4.22. The molecule has 2 nitrogen and oxygen atoms in total. The molecule has 20 heavy (non-hydrogen) atoms. The summed E-state index contributed by atoms with van der Waals surface area (Å²) in [6.45, 7) is 0. The minimum atomic E-state index is 0.423. The topological polar surface area (TPSA) is 24.9 Å². The van der Waals surface area contributed by atoms with Gasteiger partial charge in [-0.25, -0.2) is 0 Å². The van der Waals surface area contributed by atoms with Crippen LogP contribution in [0.2, 0.25) is 0 Å². The number of thioether (sulfide) groups is 1. The van der Waals surface area contributed by atoms with Crippen LogP contribution in [0, 0.1) is 0 Å². The molecule has 0 spiro atoms. The third-order valence-electron chi connectivity index (χ3n) is 4.24. The van der Waals surface area contributed by atoms with Crippen LogP contribution in [0.1, 0.15) is 37.3 Å². The van der Waals surface area contributed by atoms with Gasteiger partial charge in [-0.1, -0.05) is 31.0 Å². The van der Waals surface area contributed by atoms with Gasteiger partial charge in [0.1, 0.15) is 0 Å². The Morgan fingerprint density at radius 2 is 2.15 bits per heavy atom. The van der Waals surface area contributed by atoms with Gasteiger partial charge in [-0.3, -0.25) is 4.98 Å². The summed E-state index contributed by atoms with van der Waals surface area (Å²) in [6.07, 6.45) is 9.49. The summed E-state index contributed by atoms with van der Waals surface area (Å²) in [5.41, 5.74) is 1.40. The molecule has 1 saturated carbocycles. The van der Waals surface area contributed by atoms with Crippen LogP contribution < -0.4 is 5.32 Å². The van der Waals surface area contributed by atoms with Gasteiger partial charge in [-0.05, 0) is 36.9 Å². The van der Waals surface area contributed by atoms with Gasteiger partial charge >= 0.3 is 0 Å². The summed E-state index contributed by atoms with van der Waals surface area (Å²) in [6, 6.07) is 9.09. The minimum Gasteiger partial charge on any atom is -0.312 e. The van der Waals surface area contributed by atoms with Gasteiger partial charge in [0.2, 0.25) is 0 Å². The molecule has 1 heterocycles. The Morgan fingerprint density at radius 1 is 1.30 bits per heavy atom. The van der Waals surface area contributed by atoms with Crippen LogP contribution in [-0.4, -0.2) is 23.0 Å². The highest BCUT2D eigenvalue weighted by molar-refractivity contribution is 7.99. The lowest BCUT2D eigenvalue weighted by Crippen LogP contribution is -2.20. The quantitative estimate of drug-likeness (QED) is 0.893. The molecule has 0 amide bonds. The van der Waals surface area contributed by atoms with Crippen LogP contribution in [0.3, 0.4) is 0 Å². The molecule has 1 atom stereocenters. The number of fused-ring (bicyclic) bond motifs is 1. The van der Waals surface area contributed by atoms with Crippen LogP contribution in [-0.2, 0) is 0 Å². The van der Waals surface area contributed by atoms with Gasteiger partial charge in [-0.2, -0.15) is 11.8 Å². The second kappa shape index (κ2) is 6.59. The van der Waals surface area contributed by atoms with Gasteiger partial charge < -0.3 is 5.32 Å². The van der Waals surface area contributed by atoms with Crippen molar-refractivity contribution >= 4 is 22.5 Å². The normalized spacial score (nSPS) is 17.6. The SMILES string of the molecule is CNC(CSC1CCCC1)c1cccc2cnccc12. The molecule has 1 aromatic carbocycles. The Labute approximate surface area is 125 Å². The van der Waals surface area contributed by atoms with E-state index in [4.69, 9.17) is 0 Å². The third kappa shape index (κ3) is 2.99. The predicted octanol–water partition coefficient (Wildman–Crippen LogP) is 4.17. The van der Waals surface area contributed by atoms with Crippen molar-refractivity contribution < 1.29 is 0 Å². The van der Waals surface area contributed by atoms with E-state index < -0.39 is 0 Å². The van der Waals surface area contributed by atoms with Crippen molar-refractivity contribution in [2.75, 3.05) is 12.8 Å². The molecule has 2 aromatic rings. The monoisotopic (exact) mass is 286 g/mol. The number of nitrogens with one attached hydrogen (secondary N) is 1. The lowest BCUT2D eigenvalue weighted by Gasteiger charge is -2.20. The van der Waals surface area contributed by atoms with Gasteiger partial charge in [0.05, 0.1) is 0 Å². The smallest absolute Gasteiger partial charge is 0.0415 e. The summed E-state index contributed by atoms with van der Waals surface area (Å²) >= 11 is 2.14. The Balaban J connectivity index is 1.79. The summed E-state index contributed by atoms with van der Waals surface area (Å²) in [5, 5.41) is 6.93. The lowest BCUT2D eigenvalue weighted by atomic mass is 10.0. The molecule has 3 heteroatoms. The minimum absolute atomic E-state index is 0.423. The maximum Gasteiger partial charge on any atom is 0.0415 e. The average molecular weight is 286 g/mol. The molecule has 1 aromatic heterocycles. The number of nitrogens with zero attached hydrogens (tertiary/aromatic N) is 1. The van der Waals surface area contributed by atoms with Gasteiger partial charge in [0.25, 0.3) is 0 Å². The Morgan fingerprint density at radius 3 is 2.95 bits per heavy atom. The second-order valence-corrected chi connectivity index (χ2v) is 6.86. The third-order valence-corrected chi connectivity index (χ3v) is 5.71. The van der Waals surface area contributed by atoms with Crippen molar-refractivity contribution in [3.63, 3.8) is 0 Å². The highest BCUT2D eigenvalue weighted by Crippen LogP contribution is 2.33. The molecule has 1 N–H and O–H groups in total. The first kappa shape index (κ1) is 13.9. The molecule has 3 rings (SSSR count). The van der Waals surface area contributed by atoms with E-state index in [1.807, 2.05) is 12.4 Å². The number of pyridine rings is 1. The fourth-order valence-electron chi connectivity index (χ4n) is 3.07. The summed E-state index contributed by atoms with van der Waals surface area (Å²) < 4.78 is 0. The largest absolute Gasteiger partial charge is 0.312 e. The average Bonchev–Trinajstić information content (AvgIpc) is 3.01. The molecule has 0 radical (unpaired) electrons. The molecule has 0 aliphatic heterocycles. The molecule has 1 aliphatic carbocycles. The zero-order valence-corrected chi connectivity index (χ0v) is 12.8. The maximum atomic E-state index is 4.22. The number of benzene rings is 1. The number of hydrogen-bond acceptors (Lipinski definition) is 3. The standard InChI is InChI=1S/C17H22N2S/c1-18-17(12-20-14-6-2-3-7-14)16-8-4-5-13-11-19-10-9-15(13)16/h4-5,8-11,14,17-18H,2-3,6-7,12H2,1H3. The first-order valence-electron chi connectivity index (χ1n) is 7.50. The van der Waals surface area contributed by atoms with E-state index in [2.05, 4.69) is 53.4 Å². The van der Waals surface area contributed by atoms with Gasteiger partial charge in [-0.15, -0.1) is 0 Å². The van der Waals surface area contributed by atoms with Gasteiger partial charge in [0, 0.05) is 34.8 Å². The highest BCUT2D eigenvalue weighted by Gasteiger charge is 2.19. The molecule has 106 valence electrons. The molecule has 0 bridgehead atoms. The van der Waals surface area contributed by atoms with Crippen LogP contribution in [0.4, 0.5) is 0 Å². The van der Waals surface area contributed by atoms with E-state index in [-0.39, 0.29) is 0 Å². The number of aromatic nitrogens is 1. The first-order valence-corrected chi connectivity index (χ1v) is 8.55. The summed E-state index contributed by atoms with van der Waals surface area (Å²) in [4.78, 5) is 4.22. The summed E-state index contributed by atoms with van der Waals surface area (Å²) in [7, 11) is 2.07. The molecule has 0 saturated heterocycles. The fraction of sp³-hybridized carbons (Fsp3) is 0.471. The van der Waals surface area contributed by atoms with Crippen LogP contribution in [0.25, 0.3) is 10.8 Å². The Kier molecular flexibility index (Phi) is 4.58. The molecule has 1 unspecified atom stereocenters. The predicted molar refractivity (Wildman–Crippen MR) is 88.3 cm³/mol. The van der Waals surface area contributed by atoms with E-state index in [0.29, 0.717) is 6.04 Å². The Bertz CT molecular complexity index is 558. The van der Waals surface area contributed by atoms with E-state index in [9.17, 15) is 0 Å². The van der Waals surface area contributed by atoms with Crippen molar-refractivity contribution in [1.29, 1.82) is 0 Å². The molecule has 1 aliphatic rings. The van der Waals surface area contributed by atoms with Crippen LogP contribution in [0.15, 0.2) is 36.7 Å². The number of rotatable bonds is 5. The fourth-order valence-corrected chi connectivity index (χ4v) is 4.54. The Hall–Kier alpha value is -1.06. The number of hydrogen-bond donors (Lipinski definition) is 1. The van der Waals surface area contributed by atoms with Crippen LogP contribution in [0.5, 0.6) is 0 Å². The summed E-state index contributed by atoms with van der Waals surface area (Å²) in [5.74, 6) is 1.16. The zero-order valence-electron chi connectivity index (χ0n) is 12.0. The van der Waals surface area contributed by atoms with E-state index in [1.54, 1.807) is 0 Å². The van der Waals surface area contributed by atoms with Crippen molar-refractivity contribution in [2.45, 2.75) is 37.0 Å². The highest BCUT2D eigenvalue weighted by atomic mass is 32.2. The lowest BCUT2D eigenvalue weighted by molar-refractivity contribution is 0.664. The first-order chi connectivity index (χ1) is 9.88. The molecular weight excluding hydrogens is 264 g/mol. The molecule has 1 fully saturated rings. The van der Waals surface area contributed by atoms with E-state index >= 15 is 0 Å². The second-order valence-electron chi connectivity index (χ2n) is 5.53. The van der Waals surface area contributed by atoms with Crippen molar-refractivity contribution in [3.05, 3.63) is 42.2 Å². The zero-order chi connectivity index (χ0) is 13.8. The van der Waals surface area contributed by atoms with Crippen molar-refractivity contribution in [1.82, 2.24) is 10.3 Å². The molecular formula is C17H22N2S.